The topological polar surface area (TPSA) is 36.4 Å². The summed E-state index contributed by atoms with van der Waals surface area (Å²) in [5.74, 6) is 0.552. The van der Waals surface area contributed by atoms with Crippen LogP contribution in [0.5, 0.6) is 0 Å². The fraction of sp³-hybridized carbons (Fsp3) is 0.483. The first kappa shape index (κ1) is 22.8. The van der Waals surface area contributed by atoms with Gasteiger partial charge in [-0.05, 0) is 79.8 Å². The molecule has 0 radical (unpaired) electrons. The summed E-state index contributed by atoms with van der Waals surface area (Å²) < 4.78 is 1.43. The Morgan fingerprint density at radius 3 is 2.76 bits per heavy atom. The molecule has 2 unspecified atom stereocenters. The predicted octanol–water partition coefficient (Wildman–Crippen LogP) is 6.81. The summed E-state index contributed by atoms with van der Waals surface area (Å²) in [7, 11) is 0. The Kier molecular flexibility index (Phi) is 7.24. The number of pyridine rings is 1. The molecule has 0 saturated heterocycles. The highest BCUT2D eigenvalue weighted by Crippen LogP contribution is 2.36. The average molecular weight is 461 g/mol. The van der Waals surface area contributed by atoms with Crippen molar-refractivity contribution in [2.45, 2.75) is 63.9 Å². The van der Waals surface area contributed by atoms with Gasteiger partial charge in [-0.1, -0.05) is 49.6 Å². The summed E-state index contributed by atoms with van der Waals surface area (Å²) in [5.41, 5.74) is 3.97. The second kappa shape index (κ2) is 10.5. The largest absolute Gasteiger partial charge is 0.392 e. The predicted molar refractivity (Wildman–Crippen MR) is 140 cm³/mol. The van der Waals surface area contributed by atoms with Crippen molar-refractivity contribution in [1.82, 2.24) is 9.88 Å². The van der Waals surface area contributed by atoms with E-state index in [-0.39, 0.29) is 12.0 Å². The van der Waals surface area contributed by atoms with Gasteiger partial charge in [-0.15, -0.1) is 11.3 Å². The maximum absolute atomic E-state index is 11.3. The SMILES string of the molecule is Cc1cc2cccc(C3=CCN(CCC(c4ccccn4)C(O)C4CCCCC4)CC3)c2s1. The molecule has 174 valence electrons. The van der Waals surface area contributed by atoms with Gasteiger partial charge in [-0.3, -0.25) is 9.88 Å². The van der Waals surface area contributed by atoms with Gasteiger partial charge in [-0.25, -0.2) is 0 Å². The zero-order valence-electron chi connectivity index (χ0n) is 19.7. The monoisotopic (exact) mass is 460 g/mol. The molecule has 0 amide bonds. The molecule has 1 aliphatic heterocycles. The number of hydrogen-bond acceptors (Lipinski definition) is 4. The summed E-state index contributed by atoms with van der Waals surface area (Å²) in [6, 6.07) is 15.2. The van der Waals surface area contributed by atoms with Gasteiger partial charge in [0.1, 0.15) is 0 Å². The molecular formula is C29H36N2OS. The third-order valence-corrected chi connectivity index (χ3v) is 8.78. The fourth-order valence-corrected chi connectivity index (χ4v) is 6.88. The highest BCUT2D eigenvalue weighted by atomic mass is 32.1. The summed E-state index contributed by atoms with van der Waals surface area (Å²) in [6.07, 6.45) is 12.2. The first-order valence-corrected chi connectivity index (χ1v) is 13.5. The van der Waals surface area contributed by atoms with Crippen LogP contribution >= 0.6 is 11.3 Å². The van der Waals surface area contributed by atoms with Crippen LogP contribution in [0.2, 0.25) is 0 Å². The molecule has 5 rings (SSSR count). The zero-order valence-corrected chi connectivity index (χ0v) is 20.6. The average Bonchev–Trinajstić information content (AvgIpc) is 3.26. The van der Waals surface area contributed by atoms with Crippen LogP contribution in [0.3, 0.4) is 0 Å². The van der Waals surface area contributed by atoms with Crippen molar-refractivity contribution in [1.29, 1.82) is 0 Å². The molecule has 4 heteroatoms. The van der Waals surface area contributed by atoms with E-state index >= 15 is 0 Å². The number of nitrogens with zero attached hydrogens (tertiary/aromatic N) is 2. The number of fused-ring (bicyclic) bond motifs is 1. The van der Waals surface area contributed by atoms with Crippen molar-refractivity contribution in [3.05, 3.63) is 70.9 Å². The summed E-state index contributed by atoms with van der Waals surface area (Å²) in [5, 5.41) is 12.7. The van der Waals surface area contributed by atoms with Crippen molar-refractivity contribution in [2.75, 3.05) is 19.6 Å². The molecule has 1 fully saturated rings. The van der Waals surface area contributed by atoms with Crippen molar-refractivity contribution >= 4 is 27.0 Å². The first-order chi connectivity index (χ1) is 16.2. The van der Waals surface area contributed by atoms with Crippen molar-refractivity contribution in [3.63, 3.8) is 0 Å². The number of benzene rings is 1. The lowest BCUT2D eigenvalue weighted by Gasteiger charge is -2.34. The third kappa shape index (κ3) is 5.24. The highest BCUT2D eigenvalue weighted by molar-refractivity contribution is 7.19. The molecule has 3 aromatic rings. The molecular weight excluding hydrogens is 424 g/mol. The molecule has 1 aliphatic carbocycles. The molecule has 2 aromatic heterocycles. The molecule has 0 bridgehead atoms. The molecule has 3 nitrogen and oxygen atoms in total. The number of aryl methyl sites for hydroxylation is 1. The van der Waals surface area contributed by atoms with Crippen LogP contribution in [0.15, 0.2) is 54.7 Å². The second-order valence-corrected chi connectivity index (χ2v) is 11.2. The Morgan fingerprint density at radius 1 is 1.12 bits per heavy atom. The summed E-state index contributed by atoms with van der Waals surface area (Å²) >= 11 is 1.91. The zero-order chi connectivity index (χ0) is 22.6. The molecule has 33 heavy (non-hydrogen) atoms. The Bertz CT molecular complexity index is 1080. The lowest BCUT2D eigenvalue weighted by molar-refractivity contribution is 0.0530. The lowest BCUT2D eigenvalue weighted by atomic mass is 9.78. The van der Waals surface area contributed by atoms with Crippen molar-refractivity contribution in [2.24, 2.45) is 5.92 Å². The standard InChI is InChI=1S/C29H36N2OS/c1-21-20-24-10-7-11-25(29(24)33-21)22-13-17-31(18-14-22)19-15-26(27-12-5-6-16-30-27)28(32)23-8-3-2-4-9-23/h5-7,10-13,16,20,23,26,28,32H,2-4,8-9,14-15,17-19H2,1H3. The first-order valence-electron chi connectivity index (χ1n) is 12.7. The molecule has 1 N–H and O–H groups in total. The van der Waals surface area contributed by atoms with Gasteiger partial charge < -0.3 is 5.11 Å². The van der Waals surface area contributed by atoms with E-state index < -0.39 is 0 Å². The van der Waals surface area contributed by atoms with E-state index in [0.717, 1.165) is 51.0 Å². The highest BCUT2D eigenvalue weighted by Gasteiger charge is 2.31. The van der Waals surface area contributed by atoms with Gasteiger partial charge in [0, 0.05) is 40.5 Å². The van der Waals surface area contributed by atoms with Crippen LogP contribution in [0, 0.1) is 12.8 Å². The number of hydrogen-bond donors (Lipinski definition) is 1. The van der Waals surface area contributed by atoms with E-state index in [4.69, 9.17) is 0 Å². The molecule has 1 saturated carbocycles. The number of rotatable bonds is 7. The van der Waals surface area contributed by atoms with Gasteiger partial charge in [0.05, 0.1) is 6.10 Å². The van der Waals surface area contributed by atoms with Gasteiger partial charge in [0.15, 0.2) is 0 Å². The Morgan fingerprint density at radius 2 is 2.00 bits per heavy atom. The molecule has 2 aliphatic rings. The number of aromatic nitrogens is 1. The van der Waals surface area contributed by atoms with E-state index in [9.17, 15) is 5.11 Å². The molecule has 0 spiro atoms. The van der Waals surface area contributed by atoms with E-state index in [1.54, 1.807) is 0 Å². The van der Waals surface area contributed by atoms with Crippen LogP contribution in [-0.4, -0.2) is 40.7 Å². The van der Waals surface area contributed by atoms with Gasteiger partial charge in [0.2, 0.25) is 0 Å². The second-order valence-electron chi connectivity index (χ2n) is 9.90. The number of aliphatic hydroxyl groups is 1. The van der Waals surface area contributed by atoms with E-state index in [0.29, 0.717) is 5.92 Å². The quantitative estimate of drug-likeness (QED) is 0.421. The van der Waals surface area contributed by atoms with Gasteiger partial charge in [0.25, 0.3) is 0 Å². The third-order valence-electron chi connectivity index (χ3n) is 7.68. The smallest absolute Gasteiger partial charge is 0.0652 e. The van der Waals surface area contributed by atoms with E-state index in [1.807, 2.05) is 23.6 Å². The lowest BCUT2D eigenvalue weighted by Crippen LogP contribution is -2.35. The van der Waals surface area contributed by atoms with Gasteiger partial charge >= 0.3 is 0 Å². The van der Waals surface area contributed by atoms with Crippen LogP contribution in [0.25, 0.3) is 15.7 Å². The van der Waals surface area contributed by atoms with Crippen LogP contribution in [0.1, 0.15) is 67.0 Å². The molecule has 1 aromatic carbocycles. The van der Waals surface area contributed by atoms with Gasteiger partial charge in [-0.2, -0.15) is 0 Å². The number of aliphatic hydroxyl groups excluding tert-OH is 1. The van der Waals surface area contributed by atoms with Crippen LogP contribution in [-0.2, 0) is 0 Å². The molecule has 3 heterocycles. The van der Waals surface area contributed by atoms with Crippen LogP contribution < -0.4 is 0 Å². The van der Waals surface area contributed by atoms with E-state index in [2.05, 4.69) is 59.3 Å². The normalized spacial score (nSPS) is 20.0. The van der Waals surface area contributed by atoms with Crippen LogP contribution in [0.4, 0.5) is 0 Å². The van der Waals surface area contributed by atoms with Crippen molar-refractivity contribution < 1.29 is 5.11 Å². The molecule has 2 atom stereocenters. The Balaban J connectivity index is 1.26. The summed E-state index contributed by atoms with van der Waals surface area (Å²) in [6.45, 7) is 5.29. The fourth-order valence-electron chi connectivity index (χ4n) is 5.82. The number of thiophene rings is 1. The Labute approximate surface area is 202 Å². The van der Waals surface area contributed by atoms with E-state index in [1.165, 1.54) is 45.4 Å². The minimum absolute atomic E-state index is 0.127. The van der Waals surface area contributed by atoms with Crippen molar-refractivity contribution in [3.8, 4) is 0 Å². The minimum atomic E-state index is -0.282. The maximum Gasteiger partial charge on any atom is 0.0652 e. The minimum Gasteiger partial charge on any atom is -0.392 e. The summed E-state index contributed by atoms with van der Waals surface area (Å²) in [4.78, 5) is 8.58. The Hall–Kier alpha value is -2.01. The maximum atomic E-state index is 11.3.